The monoisotopic (exact) mass is 284 g/mol. The summed E-state index contributed by atoms with van der Waals surface area (Å²) in [6, 6.07) is 3.63. The molecule has 1 aliphatic rings. The van der Waals surface area contributed by atoms with Gasteiger partial charge in [0.05, 0.1) is 22.7 Å². The smallest absolute Gasteiger partial charge is 0.172 e. The van der Waals surface area contributed by atoms with Crippen molar-refractivity contribution in [2.24, 2.45) is 0 Å². The topological polar surface area (TPSA) is 51.8 Å². The molecule has 2 aromatic rings. The highest BCUT2D eigenvalue weighted by Crippen LogP contribution is 2.42. The highest BCUT2D eigenvalue weighted by atomic mass is 79.9. The van der Waals surface area contributed by atoms with E-state index < -0.39 is 0 Å². The number of rotatable bonds is 1. The van der Waals surface area contributed by atoms with Gasteiger partial charge in [0, 0.05) is 6.07 Å². The first-order valence-electron chi connectivity index (χ1n) is 4.89. The van der Waals surface area contributed by atoms with Crippen LogP contribution < -0.4 is 9.47 Å². The molecule has 4 nitrogen and oxygen atoms in total. The van der Waals surface area contributed by atoms with Crippen molar-refractivity contribution in [3.63, 3.8) is 0 Å². The molecule has 0 amide bonds. The number of halogens is 1. The quantitative estimate of drug-likeness (QED) is 0.873. The normalized spacial score (nSPS) is 19.0. The van der Waals surface area contributed by atoms with E-state index in [-0.39, 0.29) is 12.7 Å². The van der Waals surface area contributed by atoms with Crippen LogP contribution in [0.25, 0.3) is 11.0 Å². The van der Waals surface area contributed by atoms with Gasteiger partial charge in [-0.25, -0.2) is 0 Å². The van der Waals surface area contributed by atoms with E-state index in [4.69, 9.17) is 19.0 Å². The maximum atomic E-state index is 9.02. The number of aliphatic hydroxyl groups excluding tert-OH is 1. The van der Waals surface area contributed by atoms with Gasteiger partial charge in [-0.05, 0) is 22.0 Å². The summed E-state index contributed by atoms with van der Waals surface area (Å²) in [7, 11) is 0. The Hall–Kier alpha value is -1.20. The molecule has 16 heavy (non-hydrogen) atoms. The van der Waals surface area contributed by atoms with Crippen molar-refractivity contribution in [1.82, 2.24) is 0 Å². The average Bonchev–Trinajstić information content (AvgIpc) is 2.78. The summed E-state index contributed by atoms with van der Waals surface area (Å²) in [4.78, 5) is 0. The number of ether oxygens (including phenoxy) is 2. The van der Waals surface area contributed by atoms with Crippen molar-refractivity contribution in [2.75, 3.05) is 13.2 Å². The van der Waals surface area contributed by atoms with Crippen molar-refractivity contribution in [2.45, 2.75) is 6.10 Å². The number of aliphatic hydroxyl groups is 1. The number of fused-ring (bicyclic) bond motifs is 3. The predicted molar refractivity (Wildman–Crippen MR) is 60.9 cm³/mol. The lowest BCUT2D eigenvalue weighted by Gasteiger charge is -2.25. The molecule has 3 rings (SSSR count). The third-order valence-corrected chi connectivity index (χ3v) is 3.11. The van der Waals surface area contributed by atoms with E-state index in [1.54, 1.807) is 12.3 Å². The summed E-state index contributed by atoms with van der Waals surface area (Å²) < 4.78 is 17.3. The van der Waals surface area contributed by atoms with Crippen molar-refractivity contribution >= 4 is 26.9 Å². The summed E-state index contributed by atoms with van der Waals surface area (Å²) in [5.74, 6) is 1.31. The first-order chi connectivity index (χ1) is 7.79. The van der Waals surface area contributed by atoms with Crippen LogP contribution >= 0.6 is 15.9 Å². The van der Waals surface area contributed by atoms with Crippen molar-refractivity contribution in [3.8, 4) is 11.5 Å². The van der Waals surface area contributed by atoms with Gasteiger partial charge in [-0.1, -0.05) is 0 Å². The number of hydrogen-bond acceptors (Lipinski definition) is 4. The molecule has 1 aromatic carbocycles. The van der Waals surface area contributed by atoms with Crippen LogP contribution in [0.3, 0.4) is 0 Å². The lowest BCUT2D eigenvalue weighted by molar-refractivity contribution is 0.0467. The molecule has 0 saturated heterocycles. The lowest BCUT2D eigenvalue weighted by Crippen LogP contribution is -2.32. The van der Waals surface area contributed by atoms with Gasteiger partial charge in [0.1, 0.15) is 6.61 Å². The minimum absolute atomic E-state index is 0.0551. The maximum absolute atomic E-state index is 9.02. The van der Waals surface area contributed by atoms with Gasteiger partial charge in [0.2, 0.25) is 0 Å². The van der Waals surface area contributed by atoms with Gasteiger partial charge in [-0.3, -0.25) is 0 Å². The third-order valence-electron chi connectivity index (χ3n) is 2.52. The summed E-state index contributed by atoms with van der Waals surface area (Å²) in [6.45, 7) is 0.298. The Morgan fingerprint density at radius 1 is 1.50 bits per heavy atom. The van der Waals surface area contributed by atoms with Gasteiger partial charge in [0.25, 0.3) is 0 Å². The number of furan rings is 1. The van der Waals surface area contributed by atoms with Crippen LogP contribution in [0.4, 0.5) is 0 Å². The third kappa shape index (κ3) is 1.39. The van der Waals surface area contributed by atoms with Gasteiger partial charge < -0.3 is 19.0 Å². The van der Waals surface area contributed by atoms with Gasteiger partial charge in [-0.15, -0.1) is 0 Å². The fourth-order valence-electron chi connectivity index (χ4n) is 1.77. The number of hydrogen-bond donors (Lipinski definition) is 1. The van der Waals surface area contributed by atoms with Crippen molar-refractivity contribution in [1.29, 1.82) is 0 Å². The molecule has 0 spiro atoms. The highest BCUT2D eigenvalue weighted by Gasteiger charge is 2.24. The van der Waals surface area contributed by atoms with Crippen LogP contribution in [0.2, 0.25) is 0 Å². The molecule has 1 atom stereocenters. The first kappa shape index (κ1) is 9.99. The summed E-state index contributed by atoms with van der Waals surface area (Å²) in [6.07, 6.45) is 1.31. The summed E-state index contributed by atoms with van der Waals surface area (Å²) in [5, 5.41) is 9.90. The predicted octanol–water partition coefficient (Wildman–Crippen LogP) is 2.33. The average molecular weight is 285 g/mol. The second-order valence-corrected chi connectivity index (χ2v) is 4.44. The fraction of sp³-hybridized carbons (Fsp3) is 0.273. The Morgan fingerprint density at radius 2 is 2.38 bits per heavy atom. The van der Waals surface area contributed by atoms with Crippen LogP contribution in [-0.2, 0) is 0 Å². The van der Waals surface area contributed by atoms with Crippen LogP contribution in [0.5, 0.6) is 11.5 Å². The molecule has 84 valence electrons. The van der Waals surface area contributed by atoms with E-state index in [1.165, 1.54) is 0 Å². The molecule has 1 aromatic heterocycles. The highest BCUT2D eigenvalue weighted by molar-refractivity contribution is 9.10. The number of benzene rings is 1. The van der Waals surface area contributed by atoms with Crippen molar-refractivity contribution in [3.05, 3.63) is 22.9 Å². The van der Waals surface area contributed by atoms with Crippen LogP contribution in [-0.4, -0.2) is 24.4 Å². The lowest BCUT2D eigenvalue weighted by atomic mass is 10.2. The molecule has 0 unspecified atom stereocenters. The molecular formula is C11H9BrO4. The van der Waals surface area contributed by atoms with E-state index in [0.29, 0.717) is 18.1 Å². The van der Waals surface area contributed by atoms with Crippen LogP contribution in [0.1, 0.15) is 0 Å². The molecule has 0 bridgehead atoms. The van der Waals surface area contributed by atoms with E-state index in [0.717, 1.165) is 15.4 Å². The fourth-order valence-corrected chi connectivity index (χ4v) is 2.28. The van der Waals surface area contributed by atoms with Crippen molar-refractivity contribution < 1.29 is 19.0 Å². The summed E-state index contributed by atoms with van der Waals surface area (Å²) >= 11 is 3.41. The Morgan fingerprint density at radius 3 is 3.19 bits per heavy atom. The van der Waals surface area contributed by atoms with E-state index in [9.17, 15) is 0 Å². The molecule has 5 heteroatoms. The minimum Gasteiger partial charge on any atom is -0.485 e. The zero-order valence-corrected chi connectivity index (χ0v) is 9.86. The standard InChI is InChI=1S/C11H9BrO4/c12-8-3-9-11(7-1-2-14-10(7)8)15-5-6(4-13)16-9/h1-3,6,13H,4-5H2/t6-/m0/s1. The van der Waals surface area contributed by atoms with Gasteiger partial charge >= 0.3 is 0 Å². The van der Waals surface area contributed by atoms with E-state index >= 15 is 0 Å². The molecular weight excluding hydrogens is 276 g/mol. The molecule has 2 heterocycles. The molecule has 1 aliphatic heterocycles. The second kappa shape index (κ2) is 3.68. The van der Waals surface area contributed by atoms with Crippen LogP contribution in [0, 0.1) is 0 Å². The maximum Gasteiger partial charge on any atom is 0.172 e. The molecule has 0 radical (unpaired) electrons. The van der Waals surface area contributed by atoms with E-state index in [2.05, 4.69) is 15.9 Å². The molecule has 0 saturated carbocycles. The van der Waals surface area contributed by atoms with E-state index in [1.807, 2.05) is 6.07 Å². The first-order valence-corrected chi connectivity index (χ1v) is 5.69. The molecule has 0 fully saturated rings. The van der Waals surface area contributed by atoms with Gasteiger partial charge in [-0.2, -0.15) is 0 Å². The Bertz CT molecular complexity index is 534. The Balaban J connectivity index is 2.18. The SMILES string of the molecule is OC[C@H]1COc2c(cc(Br)c3occc23)O1. The van der Waals surface area contributed by atoms with Gasteiger partial charge in [0.15, 0.2) is 23.2 Å². The largest absolute Gasteiger partial charge is 0.485 e. The zero-order valence-electron chi connectivity index (χ0n) is 8.27. The Kier molecular flexibility index (Phi) is 2.29. The summed E-state index contributed by atoms with van der Waals surface area (Å²) in [5.41, 5.74) is 0.741. The zero-order chi connectivity index (χ0) is 11.1. The molecule has 0 aliphatic carbocycles. The Labute approximate surface area is 99.9 Å². The minimum atomic E-state index is -0.302. The second-order valence-electron chi connectivity index (χ2n) is 3.58. The molecule has 1 N–H and O–H groups in total. The van der Waals surface area contributed by atoms with Crippen LogP contribution in [0.15, 0.2) is 27.3 Å².